The van der Waals surface area contributed by atoms with Gasteiger partial charge in [-0.1, -0.05) is 12.1 Å². The van der Waals surface area contributed by atoms with Crippen molar-refractivity contribution in [2.75, 3.05) is 4.72 Å². The molecule has 104 valence electrons. The smallest absolute Gasteiger partial charge is 0.261 e. The van der Waals surface area contributed by atoms with Crippen molar-refractivity contribution in [2.45, 2.75) is 4.90 Å². The summed E-state index contributed by atoms with van der Waals surface area (Å²) in [5.74, 6) is -1.37. The van der Waals surface area contributed by atoms with Gasteiger partial charge in [0.25, 0.3) is 10.0 Å². The minimum atomic E-state index is -3.81. The molecule has 2 N–H and O–H groups in total. The largest absolute Gasteiger partial charge is 0.859 e. The van der Waals surface area contributed by atoms with Gasteiger partial charge in [0.2, 0.25) is 0 Å². The summed E-state index contributed by atoms with van der Waals surface area (Å²) in [6.07, 6.45) is 0. The van der Waals surface area contributed by atoms with E-state index < -0.39 is 21.7 Å². The Labute approximate surface area is 115 Å². The lowest BCUT2D eigenvalue weighted by Crippen LogP contribution is -2.17. The highest BCUT2D eigenvalue weighted by molar-refractivity contribution is 7.92. The zero-order valence-electron chi connectivity index (χ0n) is 10.1. The highest BCUT2D eigenvalue weighted by Crippen LogP contribution is 2.16. The molecule has 0 fully saturated rings. The average Bonchev–Trinajstić information content (AvgIpc) is 2.39. The molecule has 2 aromatic rings. The van der Waals surface area contributed by atoms with E-state index in [0.717, 1.165) is 24.3 Å². The van der Waals surface area contributed by atoms with Crippen LogP contribution in [0.2, 0.25) is 0 Å². The van der Waals surface area contributed by atoms with E-state index in [9.17, 15) is 17.9 Å². The maximum absolute atomic E-state index is 12.8. The third-order valence-electron chi connectivity index (χ3n) is 2.52. The van der Waals surface area contributed by atoms with Crippen LogP contribution >= 0.6 is 0 Å². The molecule has 7 heteroatoms. The van der Waals surface area contributed by atoms with Crippen LogP contribution in [0, 0.1) is 11.2 Å². The summed E-state index contributed by atoms with van der Waals surface area (Å²) in [4.78, 5) is -0.0699. The SMILES string of the molecule is N=C([O-])c1ccc(NS(=O)(=O)c2ccc(F)cc2)cc1. The summed E-state index contributed by atoms with van der Waals surface area (Å²) in [5, 5.41) is 17.7. The van der Waals surface area contributed by atoms with Crippen molar-refractivity contribution < 1.29 is 17.9 Å². The summed E-state index contributed by atoms with van der Waals surface area (Å²) in [6.45, 7) is 0. The molecule has 0 radical (unpaired) electrons. The van der Waals surface area contributed by atoms with Gasteiger partial charge in [-0.05, 0) is 47.9 Å². The van der Waals surface area contributed by atoms with Crippen molar-refractivity contribution in [2.24, 2.45) is 0 Å². The molecule has 0 spiro atoms. The number of nitrogens with one attached hydrogen (secondary N) is 2. The van der Waals surface area contributed by atoms with Gasteiger partial charge in [-0.3, -0.25) is 4.72 Å². The molecule has 0 aliphatic carbocycles. The molecule has 20 heavy (non-hydrogen) atoms. The van der Waals surface area contributed by atoms with Crippen LogP contribution in [-0.4, -0.2) is 14.3 Å². The Balaban J connectivity index is 2.24. The van der Waals surface area contributed by atoms with Crippen LogP contribution in [0.1, 0.15) is 5.56 Å². The van der Waals surface area contributed by atoms with E-state index in [1.165, 1.54) is 24.3 Å². The quantitative estimate of drug-likeness (QED) is 0.657. The van der Waals surface area contributed by atoms with Crippen molar-refractivity contribution in [3.8, 4) is 0 Å². The van der Waals surface area contributed by atoms with Crippen molar-refractivity contribution in [3.05, 3.63) is 59.9 Å². The zero-order chi connectivity index (χ0) is 14.8. The molecule has 0 aliphatic rings. The standard InChI is InChI=1S/C13H11FN2O3S/c14-10-3-7-12(8-4-10)20(18,19)16-11-5-1-9(2-6-11)13(15)17/h1-8,16H,(H2,15,17)/p-1. The Morgan fingerprint density at radius 3 is 2.10 bits per heavy atom. The van der Waals surface area contributed by atoms with E-state index in [1.807, 2.05) is 0 Å². The first-order valence-corrected chi connectivity index (χ1v) is 7.01. The lowest BCUT2D eigenvalue weighted by Gasteiger charge is -2.10. The van der Waals surface area contributed by atoms with E-state index in [1.54, 1.807) is 0 Å². The summed E-state index contributed by atoms with van der Waals surface area (Å²) in [6, 6.07) is 9.85. The molecule has 0 heterocycles. The Kier molecular flexibility index (Phi) is 3.71. The topological polar surface area (TPSA) is 93.1 Å². The second kappa shape index (κ2) is 5.30. The van der Waals surface area contributed by atoms with Crippen LogP contribution in [-0.2, 0) is 10.0 Å². The van der Waals surface area contributed by atoms with Gasteiger partial charge in [0.05, 0.1) is 4.90 Å². The van der Waals surface area contributed by atoms with Gasteiger partial charge in [-0.2, -0.15) is 0 Å². The zero-order valence-corrected chi connectivity index (χ0v) is 10.9. The minimum absolute atomic E-state index is 0.0699. The van der Waals surface area contributed by atoms with Crippen molar-refractivity contribution in [1.82, 2.24) is 0 Å². The Morgan fingerprint density at radius 1 is 1.05 bits per heavy atom. The van der Waals surface area contributed by atoms with Crippen LogP contribution in [0.3, 0.4) is 0 Å². The molecule has 0 saturated heterocycles. The average molecular weight is 293 g/mol. The third-order valence-corrected chi connectivity index (χ3v) is 3.92. The molecular weight excluding hydrogens is 283 g/mol. The molecule has 0 atom stereocenters. The van der Waals surface area contributed by atoms with E-state index in [2.05, 4.69) is 4.72 Å². The minimum Gasteiger partial charge on any atom is -0.859 e. The molecule has 0 bridgehead atoms. The van der Waals surface area contributed by atoms with Gasteiger partial charge in [-0.15, -0.1) is 0 Å². The fourth-order valence-electron chi connectivity index (χ4n) is 1.52. The highest BCUT2D eigenvalue weighted by atomic mass is 32.2. The number of sulfonamides is 1. The number of hydrogen-bond donors (Lipinski definition) is 2. The van der Waals surface area contributed by atoms with Crippen molar-refractivity contribution >= 4 is 21.6 Å². The summed E-state index contributed by atoms with van der Waals surface area (Å²) < 4.78 is 39.0. The first kappa shape index (κ1) is 14.0. The molecule has 2 aromatic carbocycles. The maximum atomic E-state index is 12.8. The predicted molar refractivity (Wildman–Crippen MR) is 70.5 cm³/mol. The first-order chi connectivity index (χ1) is 9.38. The molecule has 0 aliphatic heterocycles. The molecule has 0 saturated carbocycles. The van der Waals surface area contributed by atoms with Gasteiger partial charge in [0.15, 0.2) is 0 Å². The maximum Gasteiger partial charge on any atom is 0.261 e. The van der Waals surface area contributed by atoms with E-state index >= 15 is 0 Å². The van der Waals surface area contributed by atoms with E-state index in [4.69, 9.17) is 5.41 Å². The monoisotopic (exact) mass is 293 g/mol. The number of benzene rings is 2. The summed E-state index contributed by atoms with van der Waals surface area (Å²) >= 11 is 0. The van der Waals surface area contributed by atoms with Crippen LogP contribution in [0.4, 0.5) is 10.1 Å². The molecule has 0 amide bonds. The summed E-state index contributed by atoms with van der Waals surface area (Å²) in [7, 11) is -3.81. The fourth-order valence-corrected chi connectivity index (χ4v) is 2.58. The van der Waals surface area contributed by atoms with E-state index in [-0.39, 0.29) is 16.1 Å². The second-order valence-electron chi connectivity index (χ2n) is 3.97. The van der Waals surface area contributed by atoms with Gasteiger partial charge in [-0.25, -0.2) is 12.8 Å². The van der Waals surface area contributed by atoms with Gasteiger partial charge >= 0.3 is 0 Å². The summed E-state index contributed by atoms with van der Waals surface area (Å²) in [5.41, 5.74) is 0.411. The van der Waals surface area contributed by atoms with E-state index in [0.29, 0.717) is 0 Å². The Hall–Kier alpha value is -2.41. The molecule has 5 nitrogen and oxygen atoms in total. The predicted octanol–water partition coefficient (Wildman–Crippen LogP) is 1.31. The number of anilines is 1. The van der Waals surface area contributed by atoms with Crippen LogP contribution in [0.25, 0.3) is 0 Å². The van der Waals surface area contributed by atoms with Crippen molar-refractivity contribution in [3.63, 3.8) is 0 Å². The van der Waals surface area contributed by atoms with Gasteiger partial charge in [0, 0.05) is 5.69 Å². The number of rotatable bonds is 4. The van der Waals surface area contributed by atoms with Gasteiger partial charge < -0.3 is 10.5 Å². The van der Waals surface area contributed by atoms with Gasteiger partial charge in [0.1, 0.15) is 5.82 Å². The number of hydrogen-bond acceptors (Lipinski definition) is 4. The van der Waals surface area contributed by atoms with Crippen LogP contribution in [0.15, 0.2) is 53.4 Å². The lowest BCUT2D eigenvalue weighted by molar-refractivity contribution is -0.214. The number of halogens is 1. The van der Waals surface area contributed by atoms with Crippen LogP contribution < -0.4 is 9.83 Å². The molecular formula is C13H10FN2O3S-. The molecule has 2 rings (SSSR count). The van der Waals surface area contributed by atoms with Crippen LogP contribution in [0.5, 0.6) is 0 Å². The highest BCUT2D eigenvalue weighted by Gasteiger charge is 2.13. The lowest BCUT2D eigenvalue weighted by atomic mass is 10.2. The third kappa shape index (κ3) is 3.12. The Morgan fingerprint density at radius 2 is 1.60 bits per heavy atom. The van der Waals surface area contributed by atoms with Crippen molar-refractivity contribution in [1.29, 1.82) is 5.41 Å². The second-order valence-corrected chi connectivity index (χ2v) is 5.65. The fraction of sp³-hybridized carbons (Fsp3) is 0. The first-order valence-electron chi connectivity index (χ1n) is 5.53. The molecule has 0 unspecified atom stereocenters. The molecule has 0 aromatic heterocycles. The normalized spacial score (nSPS) is 11.1. The Bertz CT molecular complexity index is 725.